The van der Waals surface area contributed by atoms with Crippen LogP contribution >= 0.6 is 12.2 Å². The molecule has 0 heterocycles. The summed E-state index contributed by atoms with van der Waals surface area (Å²) in [4.78, 5) is 36.0. The molecule has 9 heteroatoms. The van der Waals surface area contributed by atoms with Gasteiger partial charge < -0.3 is 26.8 Å². The van der Waals surface area contributed by atoms with Gasteiger partial charge in [-0.1, -0.05) is 37.3 Å². The van der Waals surface area contributed by atoms with Gasteiger partial charge in [0.2, 0.25) is 5.91 Å². The standard InChI is InChI=1S/C21H24N4O4S/c1-2-13-6-3-4-9-16(13)17(11-19(27)28)25-18(26)12-23-20(29)14-7-5-8-15(10-14)24-21(22)30/h3-10,17H,2,11-12H2,1H3,(H,23,29)(H,25,26)(H,27,28)(H3,22,24,30). The molecule has 0 saturated carbocycles. The lowest BCUT2D eigenvalue weighted by Gasteiger charge is -2.20. The fraction of sp³-hybridized carbons (Fsp3) is 0.238. The molecule has 158 valence electrons. The molecule has 2 amide bonds. The molecule has 30 heavy (non-hydrogen) atoms. The van der Waals surface area contributed by atoms with Gasteiger partial charge in [0, 0.05) is 11.3 Å². The van der Waals surface area contributed by atoms with Crippen molar-refractivity contribution in [3.63, 3.8) is 0 Å². The fourth-order valence-electron chi connectivity index (χ4n) is 3.00. The molecular weight excluding hydrogens is 404 g/mol. The Balaban J connectivity index is 2.02. The highest BCUT2D eigenvalue weighted by Gasteiger charge is 2.20. The van der Waals surface area contributed by atoms with E-state index >= 15 is 0 Å². The first-order valence-corrected chi connectivity index (χ1v) is 9.74. The first-order chi connectivity index (χ1) is 14.3. The van der Waals surface area contributed by atoms with Gasteiger partial charge in [0.05, 0.1) is 19.0 Å². The molecule has 2 aromatic carbocycles. The van der Waals surface area contributed by atoms with Crippen LogP contribution in [0.25, 0.3) is 0 Å². The van der Waals surface area contributed by atoms with Gasteiger partial charge in [0.25, 0.3) is 5.91 Å². The molecule has 0 fully saturated rings. The maximum Gasteiger partial charge on any atom is 0.305 e. The fourth-order valence-corrected chi connectivity index (χ4v) is 3.12. The number of rotatable bonds is 9. The number of benzene rings is 2. The zero-order valence-corrected chi connectivity index (χ0v) is 17.3. The molecule has 6 N–H and O–H groups in total. The van der Waals surface area contributed by atoms with Crippen molar-refractivity contribution >= 4 is 40.8 Å². The van der Waals surface area contributed by atoms with E-state index in [0.29, 0.717) is 17.7 Å². The van der Waals surface area contributed by atoms with E-state index in [4.69, 9.17) is 18.0 Å². The lowest BCUT2D eigenvalue weighted by Crippen LogP contribution is -2.39. The Hall–Kier alpha value is -3.46. The second kappa shape index (κ2) is 10.9. The van der Waals surface area contributed by atoms with Crippen LogP contribution in [0.1, 0.15) is 40.9 Å². The zero-order valence-electron chi connectivity index (χ0n) is 16.5. The van der Waals surface area contributed by atoms with Crippen molar-refractivity contribution in [3.05, 3.63) is 65.2 Å². The molecule has 0 aliphatic rings. The highest BCUT2D eigenvalue weighted by atomic mass is 32.1. The SMILES string of the molecule is CCc1ccccc1C(CC(=O)O)NC(=O)CNC(=O)c1cccc(NC(N)=S)c1. The van der Waals surface area contributed by atoms with Crippen LogP contribution in [-0.2, 0) is 16.0 Å². The number of carbonyl (C=O) groups excluding carboxylic acids is 2. The van der Waals surface area contributed by atoms with E-state index in [2.05, 4.69) is 16.0 Å². The van der Waals surface area contributed by atoms with Crippen molar-refractivity contribution in [2.75, 3.05) is 11.9 Å². The molecule has 8 nitrogen and oxygen atoms in total. The van der Waals surface area contributed by atoms with Crippen molar-refractivity contribution < 1.29 is 19.5 Å². The second-order valence-electron chi connectivity index (χ2n) is 6.52. The van der Waals surface area contributed by atoms with Crippen LogP contribution in [-0.4, -0.2) is 34.5 Å². The van der Waals surface area contributed by atoms with E-state index in [1.165, 1.54) is 0 Å². The first-order valence-electron chi connectivity index (χ1n) is 9.33. The maximum atomic E-state index is 12.4. The molecule has 0 aromatic heterocycles. The average molecular weight is 429 g/mol. The van der Waals surface area contributed by atoms with E-state index in [9.17, 15) is 19.5 Å². The normalized spacial score (nSPS) is 11.2. The largest absolute Gasteiger partial charge is 0.481 e. The van der Waals surface area contributed by atoms with Gasteiger partial charge in [-0.2, -0.15) is 0 Å². The summed E-state index contributed by atoms with van der Waals surface area (Å²) in [7, 11) is 0. The minimum Gasteiger partial charge on any atom is -0.481 e. The van der Waals surface area contributed by atoms with Crippen LogP contribution in [0.3, 0.4) is 0 Å². The quantitative estimate of drug-likeness (QED) is 0.386. The van der Waals surface area contributed by atoms with E-state index < -0.39 is 23.8 Å². The summed E-state index contributed by atoms with van der Waals surface area (Å²) in [5, 5.41) is 17.3. The van der Waals surface area contributed by atoms with Gasteiger partial charge in [-0.25, -0.2) is 0 Å². The molecular formula is C21H24N4O4S. The molecule has 0 radical (unpaired) electrons. The van der Waals surface area contributed by atoms with E-state index in [0.717, 1.165) is 11.1 Å². The third kappa shape index (κ3) is 6.85. The summed E-state index contributed by atoms with van der Waals surface area (Å²) in [5.41, 5.74) is 8.00. The number of amides is 2. The Bertz CT molecular complexity index is 948. The maximum absolute atomic E-state index is 12.4. The molecule has 0 aliphatic carbocycles. The third-order valence-electron chi connectivity index (χ3n) is 4.33. The van der Waals surface area contributed by atoms with Gasteiger partial charge in [-0.05, 0) is 48.0 Å². The number of nitrogens with one attached hydrogen (secondary N) is 3. The van der Waals surface area contributed by atoms with Crippen LogP contribution in [0.4, 0.5) is 5.69 Å². The minimum atomic E-state index is -1.03. The molecule has 2 aromatic rings. The topological polar surface area (TPSA) is 134 Å². The van der Waals surface area contributed by atoms with Gasteiger partial charge in [0.15, 0.2) is 5.11 Å². The number of carboxylic acid groups (broad SMARTS) is 1. The molecule has 0 spiro atoms. The molecule has 0 bridgehead atoms. The number of carboxylic acids is 1. The number of thiocarbonyl (C=S) groups is 1. The summed E-state index contributed by atoms with van der Waals surface area (Å²) in [6, 6.07) is 13.1. The molecule has 0 saturated heterocycles. The molecule has 2 rings (SSSR count). The van der Waals surface area contributed by atoms with Crippen molar-refractivity contribution in [1.29, 1.82) is 0 Å². The van der Waals surface area contributed by atoms with Crippen LogP contribution in [0, 0.1) is 0 Å². The number of hydrogen-bond donors (Lipinski definition) is 5. The van der Waals surface area contributed by atoms with Gasteiger partial charge >= 0.3 is 5.97 Å². The lowest BCUT2D eigenvalue weighted by atomic mass is 9.96. The van der Waals surface area contributed by atoms with Crippen LogP contribution in [0.15, 0.2) is 48.5 Å². The minimum absolute atomic E-state index is 0.0729. The average Bonchev–Trinajstić information content (AvgIpc) is 2.70. The number of nitrogens with two attached hydrogens (primary N) is 1. The first kappa shape index (κ1) is 22.8. The third-order valence-corrected chi connectivity index (χ3v) is 4.43. The van der Waals surface area contributed by atoms with Crippen LogP contribution in [0.2, 0.25) is 0 Å². The van der Waals surface area contributed by atoms with E-state index in [-0.39, 0.29) is 18.1 Å². The summed E-state index contributed by atoms with van der Waals surface area (Å²) < 4.78 is 0. The highest BCUT2D eigenvalue weighted by molar-refractivity contribution is 7.80. The summed E-state index contributed by atoms with van der Waals surface area (Å²) in [6.07, 6.45) is 0.443. The summed E-state index contributed by atoms with van der Waals surface area (Å²) in [5.74, 6) is -1.98. The Morgan fingerprint density at radius 1 is 1.13 bits per heavy atom. The van der Waals surface area contributed by atoms with Crippen molar-refractivity contribution in [2.45, 2.75) is 25.8 Å². The molecule has 0 aliphatic heterocycles. The highest BCUT2D eigenvalue weighted by Crippen LogP contribution is 2.21. The van der Waals surface area contributed by atoms with Crippen molar-refractivity contribution in [1.82, 2.24) is 10.6 Å². The van der Waals surface area contributed by atoms with Crippen LogP contribution in [0.5, 0.6) is 0 Å². The van der Waals surface area contributed by atoms with Gasteiger partial charge in [-0.3, -0.25) is 14.4 Å². The van der Waals surface area contributed by atoms with Crippen molar-refractivity contribution in [2.24, 2.45) is 5.73 Å². The number of aryl methyl sites for hydroxylation is 1. The number of carbonyl (C=O) groups is 3. The second-order valence-corrected chi connectivity index (χ2v) is 6.96. The Labute approximate surface area is 179 Å². The Morgan fingerprint density at radius 3 is 2.53 bits per heavy atom. The molecule has 1 atom stereocenters. The number of anilines is 1. The number of aliphatic carboxylic acids is 1. The van der Waals surface area contributed by atoms with Gasteiger partial charge in [-0.15, -0.1) is 0 Å². The summed E-state index contributed by atoms with van der Waals surface area (Å²) in [6.45, 7) is 1.66. The predicted molar refractivity (Wildman–Crippen MR) is 118 cm³/mol. The Kier molecular flexibility index (Phi) is 8.30. The van der Waals surface area contributed by atoms with Gasteiger partial charge in [0.1, 0.15) is 0 Å². The monoisotopic (exact) mass is 428 g/mol. The van der Waals surface area contributed by atoms with E-state index in [1.807, 2.05) is 19.1 Å². The number of hydrogen-bond acceptors (Lipinski definition) is 4. The van der Waals surface area contributed by atoms with E-state index in [1.54, 1.807) is 36.4 Å². The Morgan fingerprint density at radius 2 is 1.87 bits per heavy atom. The smallest absolute Gasteiger partial charge is 0.305 e. The predicted octanol–water partition coefficient (Wildman–Crippen LogP) is 1.97. The summed E-state index contributed by atoms with van der Waals surface area (Å²) >= 11 is 4.77. The molecule has 1 unspecified atom stereocenters. The lowest BCUT2D eigenvalue weighted by molar-refractivity contribution is -0.137. The van der Waals surface area contributed by atoms with Crippen molar-refractivity contribution in [3.8, 4) is 0 Å². The zero-order chi connectivity index (χ0) is 22.1. The van der Waals surface area contributed by atoms with Crippen LogP contribution < -0.4 is 21.7 Å².